The first-order chi connectivity index (χ1) is 21.8. The van der Waals surface area contributed by atoms with Gasteiger partial charge in [-0.2, -0.15) is 0 Å². The van der Waals surface area contributed by atoms with Crippen LogP contribution in [-0.2, 0) is 35.5 Å². The zero-order chi connectivity index (χ0) is 32.7. The first-order valence-electron chi connectivity index (χ1n) is 14.2. The van der Waals surface area contributed by atoms with E-state index >= 15 is 0 Å². The van der Waals surface area contributed by atoms with Crippen LogP contribution in [0.1, 0.15) is 22.3 Å². The Balaban J connectivity index is 0.000000319. The maximum absolute atomic E-state index is 11.7. The first kappa shape index (κ1) is 40.2. The number of carboxylic acid groups (broad SMARTS) is 1. The zero-order valence-corrected chi connectivity index (χ0v) is 29.2. The molecule has 0 heterocycles. The smallest absolute Gasteiger partial charge is 0.481 e. The Labute approximate surface area is 296 Å². The summed E-state index contributed by atoms with van der Waals surface area (Å²) in [4.78, 5) is 21.8. The summed E-state index contributed by atoms with van der Waals surface area (Å²) in [5.74, 6) is -0.730. The third-order valence-corrected chi connectivity index (χ3v) is 6.72. The molecule has 0 radical (unpaired) electrons. The normalized spacial score (nSPS) is 9.30. The molecular weight excluding hydrogens is 758 g/mol. The van der Waals surface area contributed by atoms with E-state index in [4.69, 9.17) is 20.9 Å². The van der Waals surface area contributed by atoms with Crippen LogP contribution in [0.3, 0.4) is 0 Å². The molecule has 0 aromatic heterocycles. The summed E-state index contributed by atoms with van der Waals surface area (Å²) in [5, 5.41) is 28.7. The number of aliphatic carboxylic acids is 1. The van der Waals surface area contributed by atoms with Crippen LogP contribution in [-0.4, -0.2) is 34.1 Å². The number of amides is 1. The molecule has 0 spiro atoms. The molecule has 46 heavy (non-hydrogen) atoms. The lowest BCUT2D eigenvalue weighted by atomic mass is 9.80. The highest BCUT2D eigenvalue weighted by Gasteiger charge is 2.12. The van der Waals surface area contributed by atoms with E-state index in [1.165, 1.54) is 5.56 Å². The van der Waals surface area contributed by atoms with E-state index in [1.54, 1.807) is 30.3 Å². The molecule has 0 aliphatic carbocycles. The van der Waals surface area contributed by atoms with Crippen molar-refractivity contribution < 1.29 is 24.7 Å². The van der Waals surface area contributed by atoms with Gasteiger partial charge in [-0.15, -0.1) is 24.0 Å². The fourth-order valence-electron chi connectivity index (χ4n) is 3.71. The van der Waals surface area contributed by atoms with E-state index in [-0.39, 0.29) is 36.3 Å². The van der Waals surface area contributed by atoms with Gasteiger partial charge in [0.1, 0.15) is 0 Å². The second-order valence-electron chi connectivity index (χ2n) is 9.57. The summed E-state index contributed by atoms with van der Waals surface area (Å²) >= 11 is 3.18. The third-order valence-electron chi connectivity index (χ3n) is 6.00. The second-order valence-corrected chi connectivity index (χ2v) is 10.4. The highest BCUT2D eigenvalue weighted by atomic mass is 127. The Kier molecular flexibility index (Phi) is 21.4. The molecule has 0 aliphatic rings. The average molecular weight is 797 g/mol. The number of benzene rings is 5. The van der Waals surface area contributed by atoms with E-state index < -0.39 is 13.1 Å². The van der Waals surface area contributed by atoms with Gasteiger partial charge in [-0.3, -0.25) is 9.59 Å². The Morgan fingerprint density at radius 1 is 0.609 bits per heavy atom. The molecular formula is C36H39BBrIN2O5. The van der Waals surface area contributed by atoms with Crippen molar-refractivity contribution in [3.05, 3.63) is 172 Å². The minimum atomic E-state index is -1.39. The molecule has 5 aromatic carbocycles. The Morgan fingerprint density at radius 3 is 1.37 bits per heavy atom. The van der Waals surface area contributed by atoms with Gasteiger partial charge in [0, 0.05) is 17.6 Å². The molecule has 7 nitrogen and oxygen atoms in total. The minimum Gasteiger partial charge on any atom is -0.481 e. The number of nitrogens with one attached hydrogen (secondary N) is 1. The fraction of sp³-hybridized carbons (Fsp3) is 0.111. The molecule has 0 saturated carbocycles. The molecule has 240 valence electrons. The molecule has 1 amide bonds. The summed E-state index contributed by atoms with van der Waals surface area (Å²) in [7, 11) is -1.39. The Bertz CT molecular complexity index is 1520. The lowest BCUT2D eigenvalue weighted by Crippen LogP contribution is -2.30. The minimum absolute atomic E-state index is 0. The van der Waals surface area contributed by atoms with Crippen LogP contribution >= 0.6 is 39.9 Å². The number of carboxylic acids is 1. The summed E-state index contributed by atoms with van der Waals surface area (Å²) in [5.41, 5.74) is 10.0. The fourth-order valence-corrected chi connectivity index (χ4v) is 4.20. The maximum atomic E-state index is 11.7. The predicted molar refractivity (Wildman–Crippen MR) is 200 cm³/mol. The summed E-state index contributed by atoms with van der Waals surface area (Å²) in [6.07, 6.45) is 0.550. The van der Waals surface area contributed by atoms with Crippen molar-refractivity contribution >= 4 is 64.4 Å². The largest absolute Gasteiger partial charge is 0.489 e. The van der Waals surface area contributed by atoms with Gasteiger partial charge in [0.2, 0.25) is 5.91 Å². The maximum Gasteiger partial charge on any atom is 0.489 e. The number of halogens is 2. The van der Waals surface area contributed by atoms with E-state index in [2.05, 4.69) is 21.2 Å². The number of rotatable bonds is 8. The van der Waals surface area contributed by atoms with Crippen LogP contribution in [0.2, 0.25) is 0 Å². The van der Waals surface area contributed by atoms with Gasteiger partial charge in [0.05, 0.1) is 12.8 Å². The number of nitrogens with two attached hydrogens (primary N) is 1. The van der Waals surface area contributed by atoms with E-state index in [1.807, 2.05) is 115 Å². The number of hydrogen-bond donors (Lipinski definition) is 5. The van der Waals surface area contributed by atoms with Gasteiger partial charge in [-0.05, 0) is 33.8 Å². The molecule has 5 aromatic rings. The van der Waals surface area contributed by atoms with Crippen molar-refractivity contribution in [1.29, 1.82) is 0 Å². The van der Waals surface area contributed by atoms with Crippen molar-refractivity contribution in [3.63, 3.8) is 0 Å². The monoisotopic (exact) mass is 796 g/mol. The highest BCUT2D eigenvalue weighted by molar-refractivity contribution is 14.0. The van der Waals surface area contributed by atoms with Gasteiger partial charge in [0.25, 0.3) is 0 Å². The van der Waals surface area contributed by atoms with Crippen molar-refractivity contribution in [1.82, 2.24) is 5.32 Å². The van der Waals surface area contributed by atoms with E-state index in [0.29, 0.717) is 29.4 Å². The van der Waals surface area contributed by atoms with Gasteiger partial charge >= 0.3 is 13.1 Å². The number of hydrogen-bond acceptors (Lipinski definition) is 5. The van der Waals surface area contributed by atoms with Crippen LogP contribution in [0.4, 0.5) is 0 Å². The van der Waals surface area contributed by atoms with E-state index in [0.717, 1.165) is 16.7 Å². The molecule has 0 aliphatic heterocycles. The topological polar surface area (TPSA) is 133 Å². The Morgan fingerprint density at radius 2 is 1.00 bits per heavy atom. The van der Waals surface area contributed by atoms with Crippen LogP contribution in [0.15, 0.2) is 150 Å². The number of carbonyl (C=O) groups excluding carboxylic acids is 1. The molecule has 0 bridgehead atoms. The second kappa shape index (κ2) is 24.4. The van der Waals surface area contributed by atoms with Gasteiger partial charge in [-0.1, -0.05) is 155 Å². The summed E-state index contributed by atoms with van der Waals surface area (Å²) in [6, 6.07) is 45.8. The van der Waals surface area contributed by atoms with Crippen molar-refractivity contribution in [3.8, 4) is 0 Å². The van der Waals surface area contributed by atoms with Crippen LogP contribution in [0.25, 0.3) is 0 Å². The standard InChI is InChI=1S/C15H15NO.C8H8O2.C7H9N.C6H6BBrO2.HI/c17-15(11-13-7-3-1-4-8-13)16-12-14-9-5-2-6-10-14;9-8(10)6-7-4-2-1-3-5-7;8-6-7-4-2-1-3-5-7;8-6-4-2-1-3-5(6)7(9)10;/h1-10H,11-12H2,(H,16,17);1-5H,6H2,(H,9,10);1-5H,6,8H2;1-4,9-10H;1H. The SMILES string of the molecule is I.NCc1ccccc1.O=C(Cc1ccccc1)NCc1ccccc1.O=C(O)Cc1ccccc1.OB(O)c1ccccc1Br. The zero-order valence-electron chi connectivity index (χ0n) is 25.3. The first-order valence-corrected chi connectivity index (χ1v) is 15.0. The lowest BCUT2D eigenvalue weighted by Gasteiger charge is -2.05. The van der Waals surface area contributed by atoms with Gasteiger partial charge < -0.3 is 26.2 Å². The van der Waals surface area contributed by atoms with Crippen LogP contribution < -0.4 is 16.5 Å². The average Bonchev–Trinajstić information content (AvgIpc) is 3.06. The molecule has 0 atom stereocenters. The molecule has 6 N–H and O–H groups in total. The Hall–Kier alpha value is -3.81. The van der Waals surface area contributed by atoms with Crippen molar-refractivity contribution in [2.75, 3.05) is 0 Å². The highest BCUT2D eigenvalue weighted by Crippen LogP contribution is 2.05. The summed E-state index contributed by atoms with van der Waals surface area (Å²) < 4.78 is 0.713. The van der Waals surface area contributed by atoms with Crippen molar-refractivity contribution in [2.45, 2.75) is 25.9 Å². The van der Waals surface area contributed by atoms with Crippen LogP contribution in [0.5, 0.6) is 0 Å². The van der Waals surface area contributed by atoms with Gasteiger partial charge in [0.15, 0.2) is 0 Å². The molecule has 5 rings (SSSR count). The molecule has 10 heteroatoms. The molecule has 0 unspecified atom stereocenters. The molecule has 0 saturated heterocycles. The predicted octanol–water partition coefficient (Wildman–Crippen LogP) is 5.75. The number of carbonyl (C=O) groups is 2. The third kappa shape index (κ3) is 18.2. The van der Waals surface area contributed by atoms with Crippen molar-refractivity contribution in [2.24, 2.45) is 5.73 Å². The molecule has 0 fully saturated rings. The van der Waals surface area contributed by atoms with Crippen LogP contribution in [0, 0.1) is 0 Å². The van der Waals surface area contributed by atoms with Gasteiger partial charge in [-0.25, -0.2) is 0 Å². The quantitative estimate of drug-likeness (QED) is 0.100. The lowest BCUT2D eigenvalue weighted by molar-refractivity contribution is -0.136. The van der Waals surface area contributed by atoms with E-state index in [9.17, 15) is 9.59 Å². The summed E-state index contributed by atoms with van der Waals surface area (Å²) in [6.45, 7) is 1.23.